The van der Waals surface area contributed by atoms with E-state index < -0.39 is 7.80 Å². The maximum atomic E-state index is 12.9. The molecule has 0 bridgehead atoms. The quantitative estimate of drug-likeness (QED) is 0.764. The normalized spacial score (nSPS) is 10.4. The van der Waals surface area contributed by atoms with Gasteiger partial charge in [-0.2, -0.15) is 0 Å². The lowest BCUT2D eigenvalue weighted by Crippen LogP contribution is -2.12. The van der Waals surface area contributed by atoms with Crippen LogP contribution >= 0.6 is 7.80 Å². The number of ether oxygens (including phenoxy) is 4. The highest BCUT2D eigenvalue weighted by atomic mass is 31.1. The molecule has 2 rings (SSSR count). The van der Waals surface area contributed by atoms with Crippen LogP contribution in [0.1, 0.15) is 0 Å². The largest absolute Gasteiger partial charge is 0.497 e. The van der Waals surface area contributed by atoms with Crippen LogP contribution in [0, 0.1) is 0 Å². The van der Waals surface area contributed by atoms with Crippen molar-refractivity contribution in [2.75, 3.05) is 28.4 Å². The summed E-state index contributed by atoms with van der Waals surface area (Å²) in [4.78, 5) is 0. The molecule has 0 saturated carbocycles. The molecule has 0 aliphatic carbocycles. The highest BCUT2D eigenvalue weighted by Gasteiger charge is 2.18. The monoisotopic (exact) mass is 322 g/mol. The van der Waals surface area contributed by atoms with E-state index >= 15 is 0 Å². The third-order valence-electron chi connectivity index (χ3n) is 3.31. The number of rotatable bonds is 6. The van der Waals surface area contributed by atoms with Gasteiger partial charge in [-0.05, 0) is 24.3 Å². The smallest absolute Gasteiger partial charge is 0.139 e. The standard InChI is InChI=1S/C16H19O5P/c1-18-11-5-7-15(13(9-11)20-3)22(17)16-8-6-12(19-2)10-14(16)21-4/h5-10,22H,1-4H3. The van der Waals surface area contributed by atoms with Crippen LogP contribution in [-0.4, -0.2) is 28.4 Å². The summed E-state index contributed by atoms with van der Waals surface area (Å²) in [5.41, 5.74) is 0. The van der Waals surface area contributed by atoms with Crippen LogP contribution in [0.4, 0.5) is 0 Å². The molecule has 6 heteroatoms. The van der Waals surface area contributed by atoms with Gasteiger partial charge in [-0.1, -0.05) is 0 Å². The maximum Gasteiger partial charge on any atom is 0.139 e. The van der Waals surface area contributed by atoms with E-state index in [1.807, 2.05) is 0 Å². The molecule has 118 valence electrons. The van der Waals surface area contributed by atoms with Gasteiger partial charge < -0.3 is 23.5 Å². The van der Waals surface area contributed by atoms with E-state index in [9.17, 15) is 4.57 Å². The molecule has 0 radical (unpaired) electrons. The Morgan fingerprint density at radius 1 is 0.682 bits per heavy atom. The zero-order valence-corrected chi connectivity index (χ0v) is 14.0. The molecule has 0 atom stereocenters. The van der Waals surface area contributed by atoms with Gasteiger partial charge in [-0.25, -0.2) is 0 Å². The summed E-state index contributed by atoms with van der Waals surface area (Å²) < 4.78 is 33.9. The molecule has 0 fully saturated rings. The predicted molar refractivity (Wildman–Crippen MR) is 87.4 cm³/mol. The highest BCUT2D eigenvalue weighted by Crippen LogP contribution is 2.33. The molecule has 5 nitrogen and oxygen atoms in total. The van der Waals surface area contributed by atoms with Gasteiger partial charge in [0.15, 0.2) is 0 Å². The van der Waals surface area contributed by atoms with Crippen molar-refractivity contribution in [3.05, 3.63) is 36.4 Å². The Bertz CT molecular complexity index is 627. The summed E-state index contributed by atoms with van der Waals surface area (Å²) in [6.45, 7) is 0. The van der Waals surface area contributed by atoms with Crippen LogP contribution in [0.5, 0.6) is 23.0 Å². The lowest BCUT2D eigenvalue weighted by molar-refractivity contribution is 0.396. The van der Waals surface area contributed by atoms with Gasteiger partial charge in [-0.15, -0.1) is 0 Å². The average Bonchev–Trinajstić information content (AvgIpc) is 2.59. The first-order valence-electron chi connectivity index (χ1n) is 6.63. The number of hydrogen-bond donors (Lipinski definition) is 0. The van der Waals surface area contributed by atoms with Crippen molar-refractivity contribution in [1.29, 1.82) is 0 Å². The van der Waals surface area contributed by atoms with Gasteiger partial charge in [0, 0.05) is 12.1 Å². The van der Waals surface area contributed by atoms with E-state index in [0.29, 0.717) is 33.6 Å². The van der Waals surface area contributed by atoms with Crippen molar-refractivity contribution >= 4 is 18.4 Å². The molecule has 0 unspecified atom stereocenters. The van der Waals surface area contributed by atoms with Crippen LogP contribution in [0.25, 0.3) is 0 Å². The van der Waals surface area contributed by atoms with Gasteiger partial charge in [-0.3, -0.25) is 0 Å². The maximum absolute atomic E-state index is 12.9. The Morgan fingerprint density at radius 2 is 1.09 bits per heavy atom. The van der Waals surface area contributed by atoms with Gasteiger partial charge in [0.2, 0.25) is 0 Å². The van der Waals surface area contributed by atoms with Crippen molar-refractivity contribution in [2.45, 2.75) is 0 Å². The fourth-order valence-corrected chi connectivity index (χ4v) is 3.67. The second-order valence-corrected chi connectivity index (χ2v) is 6.20. The minimum Gasteiger partial charge on any atom is -0.497 e. The summed E-state index contributed by atoms with van der Waals surface area (Å²) in [7, 11) is 3.94. The summed E-state index contributed by atoms with van der Waals surface area (Å²) >= 11 is 0. The van der Waals surface area contributed by atoms with Gasteiger partial charge in [0.1, 0.15) is 30.8 Å². The van der Waals surface area contributed by atoms with E-state index in [-0.39, 0.29) is 0 Å². The molecule has 22 heavy (non-hydrogen) atoms. The average molecular weight is 322 g/mol. The van der Waals surface area contributed by atoms with Crippen LogP contribution in [0.15, 0.2) is 36.4 Å². The van der Waals surface area contributed by atoms with Crippen molar-refractivity contribution in [3.63, 3.8) is 0 Å². The van der Waals surface area contributed by atoms with Crippen LogP contribution in [0.3, 0.4) is 0 Å². The van der Waals surface area contributed by atoms with Crippen LogP contribution < -0.4 is 29.6 Å². The molecule has 0 aromatic heterocycles. The molecule has 0 spiro atoms. The Morgan fingerprint density at radius 3 is 1.41 bits per heavy atom. The van der Waals surface area contributed by atoms with Gasteiger partial charge in [0.25, 0.3) is 0 Å². The second-order valence-electron chi connectivity index (χ2n) is 4.46. The third kappa shape index (κ3) is 3.20. The molecule has 2 aromatic rings. The molecule has 2 aromatic carbocycles. The topological polar surface area (TPSA) is 54.0 Å². The van der Waals surface area contributed by atoms with E-state index in [4.69, 9.17) is 18.9 Å². The number of benzene rings is 2. The van der Waals surface area contributed by atoms with E-state index in [2.05, 4.69) is 0 Å². The predicted octanol–water partition coefficient (Wildman–Crippen LogP) is 2.23. The van der Waals surface area contributed by atoms with E-state index in [1.54, 1.807) is 64.8 Å². The molecule has 0 aliphatic rings. The van der Waals surface area contributed by atoms with E-state index in [0.717, 1.165) is 0 Å². The van der Waals surface area contributed by atoms with Crippen LogP contribution in [-0.2, 0) is 4.57 Å². The SMILES string of the molecule is COc1ccc([PH](=O)c2ccc(OC)cc2OC)c(OC)c1. The minimum absolute atomic E-state index is 0.529. The molecule has 0 amide bonds. The van der Waals surface area contributed by atoms with Gasteiger partial charge in [0.05, 0.1) is 39.0 Å². The molecule has 0 aliphatic heterocycles. The summed E-state index contributed by atoms with van der Waals surface area (Å²) in [6, 6.07) is 10.5. The number of hydrogen-bond acceptors (Lipinski definition) is 5. The molecule has 0 N–H and O–H groups in total. The Kier molecular flexibility index (Phi) is 5.34. The summed E-state index contributed by atoms with van der Waals surface area (Å²) in [5, 5.41) is 1.24. The third-order valence-corrected chi connectivity index (χ3v) is 5.11. The zero-order valence-electron chi connectivity index (χ0n) is 13.0. The second kappa shape index (κ2) is 7.23. The van der Waals surface area contributed by atoms with Crippen molar-refractivity contribution in [3.8, 4) is 23.0 Å². The Hall–Kier alpha value is -2.13. The first-order chi connectivity index (χ1) is 10.6. The summed E-state index contributed by atoms with van der Waals surface area (Å²) in [6.07, 6.45) is 0. The lowest BCUT2D eigenvalue weighted by atomic mass is 10.3. The van der Waals surface area contributed by atoms with Crippen molar-refractivity contribution < 1.29 is 23.5 Å². The molecular formula is C16H19O5P. The van der Waals surface area contributed by atoms with E-state index in [1.165, 1.54) is 0 Å². The van der Waals surface area contributed by atoms with Crippen molar-refractivity contribution in [2.24, 2.45) is 0 Å². The lowest BCUT2D eigenvalue weighted by Gasteiger charge is -2.13. The molecule has 0 heterocycles. The van der Waals surface area contributed by atoms with Crippen LogP contribution in [0.2, 0.25) is 0 Å². The minimum atomic E-state index is -2.29. The molecular weight excluding hydrogens is 303 g/mol. The fourth-order valence-electron chi connectivity index (χ4n) is 2.12. The number of methoxy groups -OCH3 is 4. The Labute approximate surface area is 130 Å². The molecule has 0 saturated heterocycles. The fraction of sp³-hybridized carbons (Fsp3) is 0.250. The highest BCUT2D eigenvalue weighted by molar-refractivity contribution is 7.62. The van der Waals surface area contributed by atoms with Crippen molar-refractivity contribution in [1.82, 2.24) is 0 Å². The summed E-state index contributed by atoms with van der Waals surface area (Å²) in [5.74, 6) is 2.36. The zero-order chi connectivity index (χ0) is 16.1. The first kappa shape index (κ1) is 16.2. The Balaban J connectivity index is 2.48. The van der Waals surface area contributed by atoms with Gasteiger partial charge >= 0.3 is 0 Å². The first-order valence-corrected chi connectivity index (χ1v) is 8.04.